The number of benzene rings is 1. The van der Waals surface area contributed by atoms with Gasteiger partial charge in [0.1, 0.15) is 11.6 Å². The fraction of sp³-hybridized carbons (Fsp3) is 0.545. The van der Waals surface area contributed by atoms with Gasteiger partial charge >= 0.3 is 0 Å². The summed E-state index contributed by atoms with van der Waals surface area (Å²) in [6.07, 6.45) is 2.12. The van der Waals surface area contributed by atoms with E-state index in [1.165, 1.54) is 6.07 Å². The molecule has 1 atom stereocenters. The molecule has 29 heavy (non-hydrogen) atoms. The SMILES string of the molecule is Cc1cc(C(=O)N(CCN(C)C)C[C@@H]2CCCN(Cc3ccccc3F)C2)no1. The van der Waals surface area contributed by atoms with Crippen LogP contribution in [0.25, 0.3) is 0 Å². The van der Waals surface area contributed by atoms with Crippen molar-refractivity contribution in [3.05, 3.63) is 53.2 Å². The molecule has 2 aromatic rings. The van der Waals surface area contributed by atoms with E-state index in [1.807, 2.05) is 31.1 Å². The molecule has 0 spiro atoms. The van der Waals surface area contributed by atoms with Crippen molar-refractivity contribution in [1.82, 2.24) is 19.9 Å². The first-order valence-corrected chi connectivity index (χ1v) is 10.3. The molecular weight excluding hydrogens is 371 g/mol. The lowest BCUT2D eigenvalue weighted by Gasteiger charge is -2.36. The van der Waals surface area contributed by atoms with Gasteiger partial charge in [0.15, 0.2) is 5.69 Å². The lowest BCUT2D eigenvalue weighted by Crippen LogP contribution is -2.44. The van der Waals surface area contributed by atoms with Crippen LogP contribution in [0, 0.1) is 18.7 Å². The molecule has 0 radical (unpaired) electrons. The monoisotopic (exact) mass is 402 g/mol. The number of rotatable bonds is 8. The summed E-state index contributed by atoms with van der Waals surface area (Å²) in [7, 11) is 4.00. The second-order valence-corrected chi connectivity index (χ2v) is 8.21. The second-order valence-electron chi connectivity index (χ2n) is 8.21. The van der Waals surface area contributed by atoms with Gasteiger partial charge in [-0.15, -0.1) is 0 Å². The number of likely N-dealkylation sites (N-methyl/N-ethyl adjacent to an activating group) is 1. The Morgan fingerprint density at radius 1 is 1.31 bits per heavy atom. The van der Waals surface area contributed by atoms with Crippen molar-refractivity contribution < 1.29 is 13.7 Å². The number of carbonyl (C=O) groups is 1. The Kier molecular flexibility index (Phi) is 7.39. The van der Waals surface area contributed by atoms with Gasteiger partial charge in [0, 0.05) is 44.4 Å². The third-order valence-electron chi connectivity index (χ3n) is 5.38. The highest BCUT2D eigenvalue weighted by molar-refractivity contribution is 5.92. The lowest BCUT2D eigenvalue weighted by molar-refractivity contribution is 0.0650. The standard InChI is InChI=1S/C22H31FN4O2/c1-17-13-21(24-29-17)22(28)27(12-11-25(2)3)15-18-7-6-10-26(14-18)16-19-8-4-5-9-20(19)23/h4-5,8-9,13,18H,6-7,10-12,14-16H2,1-3H3/t18-/m1/s1. The molecule has 0 bridgehead atoms. The van der Waals surface area contributed by atoms with Crippen LogP contribution in [0.4, 0.5) is 4.39 Å². The van der Waals surface area contributed by atoms with Crippen molar-refractivity contribution in [3.63, 3.8) is 0 Å². The smallest absolute Gasteiger partial charge is 0.276 e. The van der Waals surface area contributed by atoms with Gasteiger partial charge in [0.25, 0.3) is 5.91 Å². The quantitative estimate of drug-likeness (QED) is 0.679. The first-order valence-electron chi connectivity index (χ1n) is 10.3. The summed E-state index contributed by atoms with van der Waals surface area (Å²) in [5.41, 5.74) is 1.09. The van der Waals surface area contributed by atoms with Gasteiger partial charge < -0.3 is 14.3 Å². The minimum Gasteiger partial charge on any atom is -0.361 e. The molecule has 1 aromatic carbocycles. The second kappa shape index (κ2) is 9.98. The molecular formula is C22H31FN4O2. The van der Waals surface area contributed by atoms with E-state index in [-0.39, 0.29) is 11.7 Å². The van der Waals surface area contributed by atoms with E-state index in [2.05, 4.69) is 15.0 Å². The topological polar surface area (TPSA) is 52.8 Å². The summed E-state index contributed by atoms with van der Waals surface area (Å²) in [6, 6.07) is 8.65. The Morgan fingerprint density at radius 2 is 2.10 bits per heavy atom. The number of aromatic nitrogens is 1. The summed E-state index contributed by atoms with van der Waals surface area (Å²) in [5.74, 6) is 0.748. The van der Waals surface area contributed by atoms with Crippen LogP contribution in [-0.2, 0) is 6.54 Å². The van der Waals surface area contributed by atoms with Crippen molar-refractivity contribution in [1.29, 1.82) is 0 Å². The zero-order chi connectivity index (χ0) is 20.8. The number of piperidine rings is 1. The number of amides is 1. The van der Waals surface area contributed by atoms with Crippen LogP contribution in [-0.4, -0.2) is 72.6 Å². The lowest BCUT2D eigenvalue weighted by atomic mass is 9.96. The highest BCUT2D eigenvalue weighted by Crippen LogP contribution is 2.21. The van der Waals surface area contributed by atoms with E-state index in [0.717, 1.165) is 38.0 Å². The first-order chi connectivity index (χ1) is 13.9. The number of carbonyl (C=O) groups excluding carboxylic acids is 1. The van der Waals surface area contributed by atoms with Crippen molar-refractivity contribution in [3.8, 4) is 0 Å². The molecule has 1 aromatic heterocycles. The summed E-state index contributed by atoms with van der Waals surface area (Å²) >= 11 is 0. The molecule has 1 amide bonds. The largest absolute Gasteiger partial charge is 0.361 e. The highest BCUT2D eigenvalue weighted by atomic mass is 19.1. The Balaban J connectivity index is 1.64. The maximum absolute atomic E-state index is 14.0. The van der Waals surface area contributed by atoms with Crippen molar-refractivity contribution >= 4 is 5.91 Å². The van der Waals surface area contributed by atoms with Crippen molar-refractivity contribution in [2.45, 2.75) is 26.3 Å². The van der Waals surface area contributed by atoms with Crippen LogP contribution in [0.5, 0.6) is 0 Å². The predicted octanol–water partition coefficient (Wildman–Crippen LogP) is 3.04. The van der Waals surface area contributed by atoms with E-state index in [1.54, 1.807) is 19.1 Å². The van der Waals surface area contributed by atoms with Gasteiger partial charge in [-0.1, -0.05) is 23.4 Å². The summed E-state index contributed by atoms with van der Waals surface area (Å²) in [5, 5.41) is 3.91. The predicted molar refractivity (Wildman–Crippen MR) is 110 cm³/mol. The molecule has 0 saturated carbocycles. The van der Waals surface area contributed by atoms with Crippen LogP contribution in [0.3, 0.4) is 0 Å². The van der Waals surface area contributed by atoms with Crippen LogP contribution in [0.2, 0.25) is 0 Å². The zero-order valence-electron chi connectivity index (χ0n) is 17.6. The van der Waals surface area contributed by atoms with Crippen LogP contribution in [0.1, 0.15) is 34.7 Å². The fourth-order valence-corrected chi connectivity index (χ4v) is 3.85. The Bertz CT molecular complexity index is 808. The maximum atomic E-state index is 14.0. The molecule has 2 heterocycles. The zero-order valence-corrected chi connectivity index (χ0v) is 17.6. The van der Waals surface area contributed by atoms with E-state index in [0.29, 0.717) is 37.0 Å². The molecule has 158 valence electrons. The number of halogens is 1. The minimum atomic E-state index is -0.154. The Hall–Kier alpha value is -2.25. The third-order valence-corrected chi connectivity index (χ3v) is 5.38. The fourth-order valence-electron chi connectivity index (χ4n) is 3.85. The summed E-state index contributed by atoms with van der Waals surface area (Å²) in [4.78, 5) is 19.2. The molecule has 0 unspecified atom stereocenters. The van der Waals surface area contributed by atoms with E-state index >= 15 is 0 Å². The molecule has 1 fully saturated rings. The summed E-state index contributed by atoms with van der Waals surface area (Å²) in [6.45, 7) is 6.31. The number of likely N-dealkylation sites (tertiary alicyclic amines) is 1. The number of hydrogen-bond donors (Lipinski definition) is 0. The van der Waals surface area contributed by atoms with Crippen molar-refractivity contribution in [2.75, 3.05) is 46.8 Å². The summed E-state index contributed by atoms with van der Waals surface area (Å²) < 4.78 is 19.1. The molecule has 1 saturated heterocycles. The number of nitrogens with zero attached hydrogens (tertiary/aromatic N) is 4. The first kappa shape index (κ1) is 21.5. The number of aryl methyl sites for hydroxylation is 1. The van der Waals surface area contributed by atoms with Crippen molar-refractivity contribution in [2.24, 2.45) is 5.92 Å². The van der Waals surface area contributed by atoms with E-state index < -0.39 is 0 Å². The van der Waals surface area contributed by atoms with Gasteiger partial charge in [-0.2, -0.15) is 0 Å². The van der Waals surface area contributed by atoms with Gasteiger partial charge in [-0.25, -0.2) is 4.39 Å². The molecule has 3 rings (SSSR count). The average molecular weight is 403 g/mol. The average Bonchev–Trinajstić information content (AvgIpc) is 3.13. The van der Waals surface area contributed by atoms with Gasteiger partial charge in [-0.3, -0.25) is 9.69 Å². The van der Waals surface area contributed by atoms with Gasteiger partial charge in [-0.05, 0) is 52.4 Å². The van der Waals surface area contributed by atoms with E-state index in [4.69, 9.17) is 4.52 Å². The minimum absolute atomic E-state index is 0.0880. The van der Waals surface area contributed by atoms with Crippen LogP contribution < -0.4 is 0 Å². The molecule has 0 aliphatic carbocycles. The molecule has 7 heteroatoms. The van der Waals surface area contributed by atoms with E-state index in [9.17, 15) is 9.18 Å². The van der Waals surface area contributed by atoms with Gasteiger partial charge in [0.2, 0.25) is 0 Å². The maximum Gasteiger partial charge on any atom is 0.276 e. The third kappa shape index (κ3) is 6.11. The normalized spacial score (nSPS) is 17.6. The van der Waals surface area contributed by atoms with Crippen LogP contribution in [0.15, 0.2) is 34.9 Å². The van der Waals surface area contributed by atoms with Crippen LogP contribution >= 0.6 is 0 Å². The molecule has 0 N–H and O–H groups in total. The molecule has 6 nitrogen and oxygen atoms in total. The molecule has 1 aliphatic heterocycles. The highest BCUT2D eigenvalue weighted by Gasteiger charge is 2.26. The Morgan fingerprint density at radius 3 is 2.79 bits per heavy atom. The Labute approximate surface area is 172 Å². The molecule has 1 aliphatic rings. The van der Waals surface area contributed by atoms with Gasteiger partial charge in [0.05, 0.1) is 0 Å². The number of hydrogen-bond acceptors (Lipinski definition) is 5.